The summed E-state index contributed by atoms with van der Waals surface area (Å²) in [5, 5.41) is 0. The summed E-state index contributed by atoms with van der Waals surface area (Å²) >= 11 is 3.44. The van der Waals surface area contributed by atoms with Crippen molar-refractivity contribution < 1.29 is 4.79 Å². The number of hydrogen-bond acceptors (Lipinski definition) is 1. The van der Waals surface area contributed by atoms with E-state index in [0.29, 0.717) is 6.04 Å². The number of carbonyl (C=O) groups is 1. The third-order valence-electron chi connectivity index (χ3n) is 2.85. The van der Waals surface area contributed by atoms with Gasteiger partial charge in [0.2, 0.25) is 0 Å². The molecule has 2 nitrogen and oxygen atoms in total. The van der Waals surface area contributed by atoms with Gasteiger partial charge in [0.05, 0.1) is 5.56 Å². The molecule has 0 atom stereocenters. The summed E-state index contributed by atoms with van der Waals surface area (Å²) in [6.07, 6.45) is 2.29. The van der Waals surface area contributed by atoms with Crippen molar-refractivity contribution >= 4 is 21.8 Å². The minimum atomic E-state index is 0.127. The van der Waals surface area contributed by atoms with Gasteiger partial charge in [0.1, 0.15) is 0 Å². The molecule has 1 amide bonds. The van der Waals surface area contributed by atoms with Gasteiger partial charge in [-0.05, 0) is 47.3 Å². The largest absolute Gasteiger partial charge is 0.339 e. The van der Waals surface area contributed by atoms with Gasteiger partial charge in [-0.1, -0.05) is 12.1 Å². The van der Waals surface area contributed by atoms with Crippen LogP contribution in [0.15, 0.2) is 22.7 Å². The van der Waals surface area contributed by atoms with Crippen LogP contribution in [-0.2, 0) is 0 Å². The van der Waals surface area contributed by atoms with E-state index in [2.05, 4.69) is 15.9 Å². The highest BCUT2D eigenvalue weighted by Crippen LogP contribution is 2.29. The second-order valence-electron chi connectivity index (χ2n) is 4.08. The Kier molecular flexibility index (Phi) is 2.83. The summed E-state index contributed by atoms with van der Waals surface area (Å²) in [5.41, 5.74) is 1.83. The molecule has 2 rings (SSSR count). The highest BCUT2D eigenvalue weighted by atomic mass is 79.9. The first-order chi connectivity index (χ1) is 7.11. The van der Waals surface area contributed by atoms with Gasteiger partial charge in [0.15, 0.2) is 0 Å². The average Bonchev–Trinajstić information content (AvgIpc) is 2.99. The average molecular weight is 268 g/mol. The Morgan fingerprint density at radius 2 is 2.13 bits per heavy atom. The predicted octanol–water partition coefficient (Wildman–Crippen LogP) is 2.99. The van der Waals surface area contributed by atoms with Gasteiger partial charge in [-0.2, -0.15) is 0 Å². The third-order valence-corrected chi connectivity index (χ3v) is 3.51. The van der Waals surface area contributed by atoms with Crippen molar-refractivity contribution in [3.05, 3.63) is 33.8 Å². The molecule has 1 aromatic rings. The van der Waals surface area contributed by atoms with Crippen molar-refractivity contribution in [1.29, 1.82) is 0 Å². The molecule has 1 fully saturated rings. The maximum absolute atomic E-state index is 12.2. The second-order valence-corrected chi connectivity index (χ2v) is 4.93. The molecular formula is C12H14BrNO. The minimum absolute atomic E-state index is 0.127. The van der Waals surface area contributed by atoms with Crippen LogP contribution < -0.4 is 0 Å². The third kappa shape index (κ3) is 2.07. The topological polar surface area (TPSA) is 20.3 Å². The van der Waals surface area contributed by atoms with E-state index in [-0.39, 0.29) is 5.91 Å². The fourth-order valence-corrected chi connectivity index (χ4v) is 2.34. The van der Waals surface area contributed by atoms with Gasteiger partial charge in [0, 0.05) is 17.6 Å². The molecule has 0 aliphatic heterocycles. The molecular weight excluding hydrogens is 254 g/mol. The minimum Gasteiger partial charge on any atom is -0.339 e. The highest BCUT2D eigenvalue weighted by molar-refractivity contribution is 9.10. The summed E-state index contributed by atoms with van der Waals surface area (Å²) in [6.45, 7) is 1.97. The molecule has 0 radical (unpaired) electrons. The quantitative estimate of drug-likeness (QED) is 0.807. The molecule has 15 heavy (non-hydrogen) atoms. The number of hydrogen-bond donors (Lipinski definition) is 0. The van der Waals surface area contributed by atoms with E-state index in [9.17, 15) is 4.79 Å². The summed E-state index contributed by atoms with van der Waals surface area (Å²) in [5.74, 6) is 0.127. The van der Waals surface area contributed by atoms with Crippen LogP contribution in [0.3, 0.4) is 0 Å². The lowest BCUT2D eigenvalue weighted by Crippen LogP contribution is -2.29. The van der Waals surface area contributed by atoms with Crippen LogP contribution >= 0.6 is 15.9 Å². The van der Waals surface area contributed by atoms with E-state index in [1.807, 2.05) is 37.1 Å². The van der Waals surface area contributed by atoms with E-state index in [4.69, 9.17) is 0 Å². The molecule has 0 N–H and O–H groups in total. The molecule has 3 heteroatoms. The lowest BCUT2D eigenvalue weighted by Gasteiger charge is -2.18. The van der Waals surface area contributed by atoms with E-state index in [0.717, 1.165) is 28.4 Å². The number of amides is 1. The SMILES string of the molecule is Cc1cccc(Br)c1C(=O)N(C)C1CC1. The molecule has 0 bridgehead atoms. The Morgan fingerprint density at radius 1 is 1.47 bits per heavy atom. The maximum atomic E-state index is 12.2. The van der Waals surface area contributed by atoms with E-state index >= 15 is 0 Å². The number of benzene rings is 1. The molecule has 1 aliphatic rings. The Hall–Kier alpha value is -0.830. The molecule has 0 heterocycles. The smallest absolute Gasteiger partial charge is 0.255 e. The van der Waals surface area contributed by atoms with Crippen LogP contribution in [0.25, 0.3) is 0 Å². The fraction of sp³-hybridized carbons (Fsp3) is 0.417. The van der Waals surface area contributed by atoms with Crippen molar-refractivity contribution in [2.45, 2.75) is 25.8 Å². The zero-order valence-corrected chi connectivity index (χ0v) is 10.5. The number of carbonyl (C=O) groups excluding carboxylic acids is 1. The fourth-order valence-electron chi connectivity index (χ4n) is 1.71. The molecule has 0 saturated heterocycles. The van der Waals surface area contributed by atoms with Crippen molar-refractivity contribution in [3.63, 3.8) is 0 Å². The normalized spacial score (nSPS) is 15.1. The number of halogens is 1. The highest BCUT2D eigenvalue weighted by Gasteiger charge is 2.31. The first-order valence-corrected chi connectivity index (χ1v) is 5.93. The van der Waals surface area contributed by atoms with Gasteiger partial charge in [-0.3, -0.25) is 4.79 Å². The van der Waals surface area contributed by atoms with Crippen molar-refractivity contribution in [1.82, 2.24) is 4.90 Å². The zero-order valence-electron chi connectivity index (χ0n) is 8.96. The first-order valence-electron chi connectivity index (χ1n) is 5.13. The van der Waals surface area contributed by atoms with Crippen LogP contribution in [0.2, 0.25) is 0 Å². The molecule has 0 spiro atoms. The molecule has 0 aromatic heterocycles. The molecule has 1 aromatic carbocycles. The van der Waals surface area contributed by atoms with E-state index < -0.39 is 0 Å². The Bertz CT molecular complexity index is 378. The summed E-state index contributed by atoms with van der Waals surface area (Å²) < 4.78 is 0.889. The monoisotopic (exact) mass is 267 g/mol. The van der Waals surface area contributed by atoms with E-state index in [1.165, 1.54) is 0 Å². The Morgan fingerprint density at radius 3 is 2.67 bits per heavy atom. The summed E-state index contributed by atoms with van der Waals surface area (Å²) in [4.78, 5) is 14.0. The second kappa shape index (κ2) is 3.97. The molecule has 80 valence electrons. The van der Waals surface area contributed by atoms with E-state index in [1.54, 1.807) is 0 Å². The predicted molar refractivity (Wildman–Crippen MR) is 64.0 cm³/mol. The summed E-state index contributed by atoms with van der Waals surface area (Å²) in [6, 6.07) is 6.30. The van der Waals surface area contributed by atoms with Gasteiger partial charge in [-0.15, -0.1) is 0 Å². The van der Waals surface area contributed by atoms with Crippen LogP contribution in [0.4, 0.5) is 0 Å². The molecule has 0 unspecified atom stereocenters. The number of rotatable bonds is 2. The standard InChI is InChI=1S/C12H14BrNO/c1-8-4-3-5-10(13)11(8)12(15)14(2)9-6-7-9/h3-5,9H,6-7H2,1-2H3. The van der Waals surface area contributed by atoms with Gasteiger partial charge in [-0.25, -0.2) is 0 Å². The van der Waals surface area contributed by atoms with Gasteiger partial charge in [0.25, 0.3) is 5.91 Å². The number of nitrogens with zero attached hydrogens (tertiary/aromatic N) is 1. The lowest BCUT2D eigenvalue weighted by molar-refractivity contribution is 0.0783. The molecule has 1 saturated carbocycles. The van der Waals surface area contributed by atoms with Crippen LogP contribution in [-0.4, -0.2) is 23.9 Å². The number of aryl methyl sites for hydroxylation is 1. The zero-order chi connectivity index (χ0) is 11.0. The lowest BCUT2D eigenvalue weighted by atomic mass is 10.1. The first kappa shape index (κ1) is 10.7. The van der Waals surface area contributed by atoms with Gasteiger partial charge >= 0.3 is 0 Å². The Balaban J connectivity index is 2.31. The maximum Gasteiger partial charge on any atom is 0.255 e. The van der Waals surface area contributed by atoms with Gasteiger partial charge < -0.3 is 4.90 Å². The van der Waals surface area contributed by atoms with Crippen LogP contribution in [0.5, 0.6) is 0 Å². The van der Waals surface area contributed by atoms with Crippen LogP contribution in [0.1, 0.15) is 28.8 Å². The van der Waals surface area contributed by atoms with Crippen LogP contribution in [0, 0.1) is 6.92 Å². The van der Waals surface area contributed by atoms with Crippen molar-refractivity contribution in [3.8, 4) is 0 Å². The van der Waals surface area contributed by atoms with Crippen molar-refractivity contribution in [2.24, 2.45) is 0 Å². The molecule has 1 aliphatic carbocycles. The summed E-state index contributed by atoms with van der Waals surface area (Å²) in [7, 11) is 1.89. The van der Waals surface area contributed by atoms with Crippen molar-refractivity contribution in [2.75, 3.05) is 7.05 Å². The Labute approximate surface area is 98.4 Å².